The molecule has 196 valence electrons. The van der Waals surface area contributed by atoms with E-state index in [9.17, 15) is 19.2 Å². The van der Waals surface area contributed by atoms with Gasteiger partial charge in [0, 0.05) is 22.3 Å². The summed E-state index contributed by atoms with van der Waals surface area (Å²) in [7, 11) is 0. The third-order valence-corrected chi connectivity index (χ3v) is 4.85. The smallest absolute Gasteiger partial charge is 0.250 e. The van der Waals surface area contributed by atoms with Crippen molar-refractivity contribution < 1.29 is 19.2 Å². The number of azo groups is 1. The summed E-state index contributed by atoms with van der Waals surface area (Å²) < 4.78 is 0. The van der Waals surface area contributed by atoms with Gasteiger partial charge in [0.15, 0.2) is 0 Å². The zero-order chi connectivity index (χ0) is 28.6. The molecule has 0 aliphatic rings. The molecule has 0 unspecified atom stereocenters. The van der Waals surface area contributed by atoms with E-state index in [1.165, 1.54) is 33.8 Å². The molecular weight excluding hydrogens is 484 g/mol. The Bertz CT molecular complexity index is 1390. The van der Waals surface area contributed by atoms with Crippen molar-refractivity contribution in [2.75, 3.05) is 21.3 Å². The molecule has 0 saturated carbocycles. The minimum absolute atomic E-state index is 0.00220. The standard InChI is InChI=1S/C28H30N6O4/c1-15(2)25(35)29-20-14-21(34-33-19-12-10-9-11-13-19)23(31-27(37)17(5)6)24(32-28(38)18(7)8)22(20)30-26(36)16(3)4/h9-14H,1,3,5,7H2,2,4,6,8H3,(H,29,35)(H,30,36)(H,31,37)(H,32,38). The zero-order valence-corrected chi connectivity index (χ0v) is 21.8. The number of anilines is 4. The van der Waals surface area contributed by atoms with Crippen LogP contribution in [0.15, 0.2) is 95.2 Å². The van der Waals surface area contributed by atoms with E-state index in [0.29, 0.717) is 5.69 Å². The summed E-state index contributed by atoms with van der Waals surface area (Å²) >= 11 is 0. The summed E-state index contributed by atoms with van der Waals surface area (Å²) in [5, 5.41) is 19.1. The number of hydrogen-bond donors (Lipinski definition) is 4. The first-order valence-electron chi connectivity index (χ1n) is 11.4. The average Bonchev–Trinajstić information content (AvgIpc) is 2.86. The van der Waals surface area contributed by atoms with Gasteiger partial charge in [-0.15, -0.1) is 5.11 Å². The summed E-state index contributed by atoms with van der Waals surface area (Å²) in [5.41, 5.74) is 1.17. The fraction of sp³-hybridized carbons (Fsp3) is 0.143. The Labute approximate surface area is 221 Å². The molecule has 2 rings (SSSR count). The maximum Gasteiger partial charge on any atom is 0.250 e. The van der Waals surface area contributed by atoms with Crippen LogP contribution in [0.25, 0.3) is 0 Å². The van der Waals surface area contributed by atoms with Crippen LogP contribution in [0.3, 0.4) is 0 Å². The first kappa shape index (κ1) is 29.1. The lowest BCUT2D eigenvalue weighted by Gasteiger charge is -2.22. The Kier molecular flexibility index (Phi) is 9.75. The molecule has 2 aromatic carbocycles. The van der Waals surface area contributed by atoms with Crippen LogP contribution in [0.5, 0.6) is 0 Å². The van der Waals surface area contributed by atoms with E-state index in [1.54, 1.807) is 24.3 Å². The average molecular weight is 515 g/mol. The van der Waals surface area contributed by atoms with Gasteiger partial charge in [0.25, 0.3) is 23.6 Å². The second kappa shape index (κ2) is 12.7. The summed E-state index contributed by atoms with van der Waals surface area (Å²) in [6.07, 6.45) is 0. The third kappa shape index (κ3) is 7.69. The second-order valence-electron chi connectivity index (χ2n) is 8.54. The predicted molar refractivity (Wildman–Crippen MR) is 151 cm³/mol. The lowest BCUT2D eigenvalue weighted by Crippen LogP contribution is -2.22. The fourth-order valence-electron chi connectivity index (χ4n) is 2.72. The molecule has 0 bridgehead atoms. The summed E-state index contributed by atoms with van der Waals surface area (Å²) in [5.74, 6) is -2.35. The van der Waals surface area contributed by atoms with Crippen LogP contribution >= 0.6 is 0 Å². The number of benzene rings is 2. The molecule has 2 aromatic rings. The molecule has 0 saturated heterocycles. The van der Waals surface area contributed by atoms with Crippen molar-refractivity contribution in [2.45, 2.75) is 27.7 Å². The monoisotopic (exact) mass is 514 g/mol. The number of rotatable bonds is 10. The van der Waals surface area contributed by atoms with Crippen molar-refractivity contribution >= 4 is 57.8 Å². The predicted octanol–water partition coefficient (Wildman–Crippen LogP) is 6.16. The van der Waals surface area contributed by atoms with Gasteiger partial charge in [-0.1, -0.05) is 44.5 Å². The Morgan fingerprint density at radius 2 is 1.00 bits per heavy atom. The van der Waals surface area contributed by atoms with E-state index in [2.05, 4.69) is 57.8 Å². The van der Waals surface area contributed by atoms with Gasteiger partial charge in [0.2, 0.25) is 0 Å². The highest BCUT2D eigenvalue weighted by Gasteiger charge is 2.25. The van der Waals surface area contributed by atoms with E-state index in [1.807, 2.05) is 6.07 Å². The van der Waals surface area contributed by atoms with Gasteiger partial charge < -0.3 is 21.3 Å². The van der Waals surface area contributed by atoms with Crippen LogP contribution in [0.1, 0.15) is 27.7 Å². The Morgan fingerprint density at radius 1 is 0.579 bits per heavy atom. The third-order valence-electron chi connectivity index (χ3n) is 4.85. The molecule has 0 aliphatic carbocycles. The highest BCUT2D eigenvalue weighted by molar-refractivity contribution is 6.19. The van der Waals surface area contributed by atoms with E-state index >= 15 is 0 Å². The minimum atomic E-state index is -0.615. The number of nitrogens with zero attached hydrogens (tertiary/aromatic N) is 2. The van der Waals surface area contributed by atoms with Crippen molar-refractivity contribution in [1.82, 2.24) is 0 Å². The molecule has 0 spiro atoms. The van der Waals surface area contributed by atoms with E-state index < -0.39 is 23.6 Å². The van der Waals surface area contributed by atoms with Crippen LogP contribution in [0.4, 0.5) is 34.1 Å². The SMILES string of the molecule is C=C(C)C(=O)Nc1cc(N=Nc2ccccc2)c(NC(=O)C(=C)C)c(NC(=O)C(=C)C)c1NC(=O)C(=C)C. The molecule has 0 radical (unpaired) electrons. The quantitative estimate of drug-likeness (QED) is 0.222. The molecule has 0 fully saturated rings. The lowest BCUT2D eigenvalue weighted by molar-refractivity contribution is -0.113. The molecule has 0 aromatic heterocycles. The van der Waals surface area contributed by atoms with Gasteiger partial charge in [0.1, 0.15) is 5.69 Å². The molecular formula is C28H30N6O4. The summed E-state index contributed by atoms with van der Waals surface area (Å²) in [6, 6.07) is 10.2. The van der Waals surface area contributed by atoms with Gasteiger partial charge >= 0.3 is 0 Å². The number of nitrogens with one attached hydrogen (secondary N) is 4. The van der Waals surface area contributed by atoms with Crippen molar-refractivity contribution in [3.05, 3.63) is 85.0 Å². The summed E-state index contributed by atoms with van der Waals surface area (Å²) in [6.45, 7) is 20.5. The van der Waals surface area contributed by atoms with E-state index in [4.69, 9.17) is 0 Å². The van der Waals surface area contributed by atoms with Crippen LogP contribution < -0.4 is 21.3 Å². The van der Waals surface area contributed by atoms with Gasteiger partial charge in [0.05, 0.1) is 28.4 Å². The maximum atomic E-state index is 12.8. The van der Waals surface area contributed by atoms with Crippen LogP contribution in [0.2, 0.25) is 0 Å². The minimum Gasteiger partial charge on any atom is -0.320 e. The number of amides is 4. The Balaban J connectivity index is 2.95. The van der Waals surface area contributed by atoms with Crippen LogP contribution in [-0.4, -0.2) is 23.6 Å². The van der Waals surface area contributed by atoms with Crippen molar-refractivity contribution in [2.24, 2.45) is 10.2 Å². The normalized spacial score (nSPS) is 10.3. The highest BCUT2D eigenvalue weighted by Crippen LogP contribution is 2.45. The lowest BCUT2D eigenvalue weighted by atomic mass is 10.1. The molecule has 10 nitrogen and oxygen atoms in total. The van der Waals surface area contributed by atoms with Crippen LogP contribution in [-0.2, 0) is 19.2 Å². The Hall–Kier alpha value is -5.12. The summed E-state index contributed by atoms with van der Waals surface area (Å²) in [4.78, 5) is 50.7. The first-order chi connectivity index (χ1) is 17.8. The largest absolute Gasteiger partial charge is 0.320 e. The number of carbonyl (C=O) groups is 4. The van der Waals surface area contributed by atoms with Gasteiger partial charge in [-0.25, -0.2) is 0 Å². The highest BCUT2D eigenvalue weighted by atomic mass is 16.2. The van der Waals surface area contributed by atoms with Crippen molar-refractivity contribution in [3.8, 4) is 0 Å². The fourth-order valence-corrected chi connectivity index (χ4v) is 2.72. The molecule has 0 aliphatic heterocycles. The molecule has 4 amide bonds. The maximum absolute atomic E-state index is 12.8. The molecule has 4 N–H and O–H groups in total. The van der Waals surface area contributed by atoms with Crippen molar-refractivity contribution in [3.63, 3.8) is 0 Å². The van der Waals surface area contributed by atoms with Crippen molar-refractivity contribution in [1.29, 1.82) is 0 Å². The zero-order valence-electron chi connectivity index (χ0n) is 21.8. The van der Waals surface area contributed by atoms with E-state index in [-0.39, 0.29) is 50.7 Å². The van der Waals surface area contributed by atoms with Gasteiger partial charge in [-0.05, 0) is 45.9 Å². The first-order valence-corrected chi connectivity index (χ1v) is 11.4. The molecule has 38 heavy (non-hydrogen) atoms. The van der Waals surface area contributed by atoms with Crippen LogP contribution in [0, 0.1) is 0 Å². The Morgan fingerprint density at radius 3 is 1.47 bits per heavy atom. The van der Waals surface area contributed by atoms with E-state index in [0.717, 1.165) is 0 Å². The van der Waals surface area contributed by atoms with Gasteiger partial charge in [-0.3, -0.25) is 19.2 Å². The number of carbonyl (C=O) groups excluding carboxylic acids is 4. The van der Waals surface area contributed by atoms with Gasteiger partial charge in [-0.2, -0.15) is 5.11 Å². The molecule has 0 atom stereocenters. The molecule has 0 heterocycles. The second-order valence-corrected chi connectivity index (χ2v) is 8.54. The number of hydrogen-bond acceptors (Lipinski definition) is 6. The topological polar surface area (TPSA) is 141 Å². The molecule has 10 heteroatoms.